The summed E-state index contributed by atoms with van der Waals surface area (Å²) >= 11 is 0. The fourth-order valence-corrected chi connectivity index (χ4v) is 2.99. The van der Waals surface area contributed by atoms with E-state index in [-0.39, 0.29) is 10.6 Å². The predicted octanol–water partition coefficient (Wildman–Crippen LogP) is 3.17. The molecular weight excluding hydrogens is 304 g/mol. The van der Waals surface area contributed by atoms with Crippen molar-refractivity contribution in [3.8, 4) is 17.2 Å². The second kappa shape index (κ2) is 6.70. The summed E-state index contributed by atoms with van der Waals surface area (Å²) in [6.45, 7) is 4.01. The minimum Gasteiger partial charge on any atom is -0.496 e. The van der Waals surface area contributed by atoms with Crippen molar-refractivity contribution in [1.29, 1.82) is 0 Å². The summed E-state index contributed by atoms with van der Waals surface area (Å²) in [5.41, 5.74) is 0.713. The van der Waals surface area contributed by atoms with Gasteiger partial charge in [0, 0.05) is 0 Å². The van der Waals surface area contributed by atoms with Crippen molar-refractivity contribution in [2.45, 2.75) is 18.7 Å². The molecule has 22 heavy (non-hydrogen) atoms. The Bertz CT molecular complexity index is 753. The van der Waals surface area contributed by atoms with Gasteiger partial charge in [-0.3, -0.25) is 0 Å². The van der Waals surface area contributed by atoms with Gasteiger partial charge < -0.3 is 13.7 Å². The molecule has 0 N–H and O–H groups in total. The monoisotopic (exact) mass is 322 g/mol. The summed E-state index contributed by atoms with van der Waals surface area (Å²) in [5, 5.41) is 0. The molecule has 0 aliphatic rings. The van der Waals surface area contributed by atoms with E-state index in [4.69, 9.17) is 13.7 Å². The van der Waals surface area contributed by atoms with Gasteiger partial charge in [0.1, 0.15) is 10.6 Å². The van der Waals surface area contributed by atoms with Crippen LogP contribution in [0.1, 0.15) is 12.5 Å². The Labute approximate surface area is 130 Å². The number of para-hydroxylation sites is 2. The predicted molar refractivity (Wildman–Crippen MR) is 83.2 cm³/mol. The second-order valence-electron chi connectivity index (χ2n) is 4.55. The van der Waals surface area contributed by atoms with Gasteiger partial charge in [-0.2, -0.15) is 8.42 Å². The van der Waals surface area contributed by atoms with E-state index in [2.05, 4.69) is 0 Å². The molecule has 0 aromatic heterocycles. The standard InChI is InChI=1S/C16H18O5S/c1-4-20-15-7-5-6-8-16(15)21-22(17,18)13-9-10-14(19-3)12(2)11-13/h5-11H,4H2,1-3H3. The smallest absolute Gasteiger partial charge is 0.339 e. The summed E-state index contributed by atoms with van der Waals surface area (Å²) in [6, 6.07) is 11.2. The Kier molecular flexibility index (Phi) is 4.92. The topological polar surface area (TPSA) is 61.8 Å². The number of ether oxygens (including phenoxy) is 2. The van der Waals surface area contributed by atoms with E-state index in [1.807, 2.05) is 6.92 Å². The van der Waals surface area contributed by atoms with Crippen molar-refractivity contribution >= 4 is 10.1 Å². The molecule has 0 spiro atoms. The van der Waals surface area contributed by atoms with Crippen LogP contribution in [0.25, 0.3) is 0 Å². The molecule has 0 saturated carbocycles. The number of hydrogen-bond acceptors (Lipinski definition) is 5. The van der Waals surface area contributed by atoms with Gasteiger partial charge in [-0.1, -0.05) is 12.1 Å². The molecule has 0 unspecified atom stereocenters. The van der Waals surface area contributed by atoms with Crippen molar-refractivity contribution in [3.63, 3.8) is 0 Å². The fraction of sp³-hybridized carbons (Fsp3) is 0.250. The molecule has 0 heterocycles. The molecule has 2 aromatic rings. The molecule has 0 amide bonds. The molecule has 118 valence electrons. The summed E-state index contributed by atoms with van der Waals surface area (Å²) in [6.07, 6.45) is 0. The summed E-state index contributed by atoms with van der Waals surface area (Å²) in [7, 11) is -2.40. The van der Waals surface area contributed by atoms with E-state index in [9.17, 15) is 8.42 Å². The van der Waals surface area contributed by atoms with Crippen LogP contribution >= 0.6 is 0 Å². The number of hydrogen-bond donors (Lipinski definition) is 0. The first-order valence-electron chi connectivity index (χ1n) is 6.79. The molecule has 0 bridgehead atoms. The zero-order chi connectivity index (χ0) is 16.2. The lowest BCUT2D eigenvalue weighted by molar-refractivity contribution is 0.327. The van der Waals surface area contributed by atoms with Gasteiger partial charge in [-0.25, -0.2) is 0 Å². The van der Waals surface area contributed by atoms with Crippen LogP contribution in [-0.2, 0) is 10.1 Å². The van der Waals surface area contributed by atoms with E-state index in [0.717, 1.165) is 0 Å². The van der Waals surface area contributed by atoms with Crippen molar-refractivity contribution in [1.82, 2.24) is 0 Å². The highest BCUT2D eigenvalue weighted by molar-refractivity contribution is 7.87. The van der Waals surface area contributed by atoms with Gasteiger partial charge in [-0.15, -0.1) is 0 Å². The molecule has 0 fully saturated rings. The van der Waals surface area contributed by atoms with Crippen LogP contribution < -0.4 is 13.7 Å². The Balaban J connectivity index is 2.34. The minimum absolute atomic E-state index is 0.0668. The van der Waals surface area contributed by atoms with E-state index in [1.54, 1.807) is 37.3 Å². The highest BCUT2D eigenvalue weighted by atomic mass is 32.2. The zero-order valence-corrected chi connectivity index (χ0v) is 13.5. The van der Waals surface area contributed by atoms with Crippen LogP contribution in [0.5, 0.6) is 17.2 Å². The lowest BCUT2D eigenvalue weighted by Gasteiger charge is -2.12. The Morgan fingerprint density at radius 2 is 1.68 bits per heavy atom. The van der Waals surface area contributed by atoms with Gasteiger partial charge in [0.15, 0.2) is 11.5 Å². The lowest BCUT2D eigenvalue weighted by atomic mass is 10.2. The molecule has 6 heteroatoms. The molecule has 2 aromatic carbocycles. The van der Waals surface area contributed by atoms with Gasteiger partial charge >= 0.3 is 10.1 Å². The van der Waals surface area contributed by atoms with E-state index < -0.39 is 10.1 Å². The number of methoxy groups -OCH3 is 1. The van der Waals surface area contributed by atoms with Crippen molar-refractivity contribution < 1.29 is 22.1 Å². The lowest BCUT2D eigenvalue weighted by Crippen LogP contribution is -2.11. The van der Waals surface area contributed by atoms with Gasteiger partial charge in [0.2, 0.25) is 0 Å². The number of benzene rings is 2. The maximum absolute atomic E-state index is 12.4. The number of aryl methyl sites for hydroxylation is 1. The highest BCUT2D eigenvalue weighted by Crippen LogP contribution is 2.30. The summed E-state index contributed by atoms with van der Waals surface area (Å²) in [5.74, 6) is 1.17. The first-order valence-corrected chi connectivity index (χ1v) is 8.19. The van der Waals surface area contributed by atoms with Gasteiger partial charge in [-0.05, 0) is 49.7 Å². The first kappa shape index (κ1) is 16.2. The molecule has 0 aliphatic heterocycles. The van der Waals surface area contributed by atoms with Crippen LogP contribution in [0, 0.1) is 6.92 Å². The quantitative estimate of drug-likeness (QED) is 0.764. The minimum atomic E-state index is -3.94. The third-order valence-electron chi connectivity index (χ3n) is 3.00. The van der Waals surface area contributed by atoms with E-state index >= 15 is 0 Å². The van der Waals surface area contributed by atoms with Crippen LogP contribution in [-0.4, -0.2) is 22.1 Å². The normalized spacial score (nSPS) is 11.0. The van der Waals surface area contributed by atoms with Crippen LogP contribution in [0.4, 0.5) is 0 Å². The molecule has 0 saturated heterocycles. The fourth-order valence-electron chi connectivity index (χ4n) is 1.97. The highest BCUT2D eigenvalue weighted by Gasteiger charge is 2.20. The summed E-state index contributed by atoms with van der Waals surface area (Å²) in [4.78, 5) is 0.0668. The second-order valence-corrected chi connectivity index (χ2v) is 6.09. The Morgan fingerprint density at radius 1 is 1.00 bits per heavy atom. The molecule has 5 nitrogen and oxygen atoms in total. The van der Waals surface area contributed by atoms with Crippen molar-refractivity contribution in [2.24, 2.45) is 0 Å². The van der Waals surface area contributed by atoms with Crippen molar-refractivity contribution in [3.05, 3.63) is 48.0 Å². The van der Waals surface area contributed by atoms with E-state index in [0.29, 0.717) is 23.7 Å². The average Bonchev–Trinajstić information content (AvgIpc) is 2.49. The van der Waals surface area contributed by atoms with Crippen LogP contribution in [0.3, 0.4) is 0 Å². The van der Waals surface area contributed by atoms with Gasteiger partial charge in [0.25, 0.3) is 0 Å². The summed E-state index contributed by atoms with van der Waals surface area (Å²) < 4.78 is 40.5. The maximum atomic E-state index is 12.4. The molecule has 0 radical (unpaired) electrons. The third kappa shape index (κ3) is 3.51. The van der Waals surface area contributed by atoms with Crippen LogP contribution in [0.15, 0.2) is 47.4 Å². The SMILES string of the molecule is CCOc1ccccc1OS(=O)(=O)c1ccc(OC)c(C)c1. The number of rotatable bonds is 6. The molecule has 0 aliphatic carbocycles. The molecule has 0 atom stereocenters. The zero-order valence-electron chi connectivity index (χ0n) is 12.7. The van der Waals surface area contributed by atoms with Gasteiger partial charge in [0.05, 0.1) is 13.7 Å². The first-order chi connectivity index (χ1) is 10.5. The Hall–Kier alpha value is -2.21. The molecular formula is C16H18O5S. The largest absolute Gasteiger partial charge is 0.496 e. The maximum Gasteiger partial charge on any atom is 0.339 e. The van der Waals surface area contributed by atoms with E-state index in [1.165, 1.54) is 19.2 Å². The molecule has 2 rings (SSSR count). The third-order valence-corrected chi connectivity index (χ3v) is 4.23. The van der Waals surface area contributed by atoms with Crippen molar-refractivity contribution in [2.75, 3.05) is 13.7 Å². The van der Waals surface area contributed by atoms with Crippen LogP contribution in [0.2, 0.25) is 0 Å². The average molecular weight is 322 g/mol. The Morgan fingerprint density at radius 3 is 2.27 bits per heavy atom.